The smallest absolute Gasteiger partial charge is 0.255 e. The molecule has 0 amide bonds. The molecule has 8 nitrogen and oxygen atoms in total. The summed E-state index contributed by atoms with van der Waals surface area (Å²) >= 11 is 0. The van der Waals surface area contributed by atoms with Crippen LogP contribution in [0.15, 0.2) is 41.5 Å². The Morgan fingerprint density at radius 2 is 2.03 bits per heavy atom. The zero-order valence-electron chi connectivity index (χ0n) is 17.9. The first-order valence-corrected chi connectivity index (χ1v) is 10.9. The molecular weight excluding hydrogens is 392 g/mol. The van der Waals surface area contributed by atoms with Crippen molar-refractivity contribution >= 4 is 5.95 Å². The molecule has 8 heteroatoms. The number of anilines is 1. The molecule has 1 saturated heterocycles. The van der Waals surface area contributed by atoms with Crippen LogP contribution in [0.25, 0.3) is 0 Å². The highest BCUT2D eigenvalue weighted by Gasteiger charge is 2.23. The van der Waals surface area contributed by atoms with E-state index in [1.54, 1.807) is 13.3 Å². The van der Waals surface area contributed by atoms with Crippen LogP contribution in [0, 0.1) is 0 Å². The standard InChI is InChI=1S/C23H28N6O2/c1-31-21-6-5-17(13-18(21)15-29-11-4-8-24-29)14-27-12-7-19-20(16-27)25-23(26-22(19)30)28-9-2-3-10-28/h4-6,8,11,13H,2-3,7,9-10,12,14-16H2,1H3,(H,25,26,30). The normalized spacial score (nSPS) is 16.5. The zero-order chi connectivity index (χ0) is 21.2. The lowest BCUT2D eigenvalue weighted by Crippen LogP contribution is -2.36. The number of methoxy groups -OCH3 is 1. The van der Waals surface area contributed by atoms with Crippen molar-refractivity contribution in [2.75, 3.05) is 31.6 Å². The van der Waals surface area contributed by atoms with Gasteiger partial charge in [0, 0.05) is 56.2 Å². The van der Waals surface area contributed by atoms with E-state index in [9.17, 15) is 4.79 Å². The summed E-state index contributed by atoms with van der Waals surface area (Å²) in [7, 11) is 1.70. The molecule has 1 N–H and O–H groups in total. The molecule has 162 valence electrons. The minimum absolute atomic E-state index is 0.0255. The third-order valence-electron chi connectivity index (χ3n) is 6.19. The average molecular weight is 421 g/mol. The third kappa shape index (κ3) is 4.20. The highest BCUT2D eigenvalue weighted by atomic mass is 16.5. The number of H-pyrrole nitrogens is 1. The summed E-state index contributed by atoms with van der Waals surface area (Å²) in [6.07, 6.45) is 6.78. The largest absolute Gasteiger partial charge is 0.496 e. The predicted octanol–water partition coefficient (Wildman–Crippen LogP) is 2.18. The number of benzene rings is 1. The molecule has 2 aliphatic rings. The minimum Gasteiger partial charge on any atom is -0.496 e. The van der Waals surface area contributed by atoms with Crippen LogP contribution in [0.2, 0.25) is 0 Å². The first-order valence-electron chi connectivity index (χ1n) is 10.9. The first-order chi connectivity index (χ1) is 15.2. The van der Waals surface area contributed by atoms with Gasteiger partial charge in [0.15, 0.2) is 0 Å². The number of nitrogens with zero attached hydrogens (tertiary/aromatic N) is 5. The van der Waals surface area contributed by atoms with Crippen LogP contribution < -0.4 is 15.2 Å². The molecule has 31 heavy (non-hydrogen) atoms. The lowest BCUT2D eigenvalue weighted by atomic mass is 10.0. The molecule has 0 radical (unpaired) electrons. The van der Waals surface area contributed by atoms with Gasteiger partial charge in [-0.2, -0.15) is 5.10 Å². The van der Waals surface area contributed by atoms with Crippen LogP contribution >= 0.6 is 0 Å². The van der Waals surface area contributed by atoms with Crippen molar-refractivity contribution in [3.63, 3.8) is 0 Å². The molecule has 3 aromatic rings. The predicted molar refractivity (Wildman–Crippen MR) is 118 cm³/mol. The molecule has 2 aromatic heterocycles. The number of aromatic nitrogens is 4. The summed E-state index contributed by atoms with van der Waals surface area (Å²) in [5, 5.41) is 4.31. The van der Waals surface area contributed by atoms with E-state index >= 15 is 0 Å². The number of nitrogens with one attached hydrogen (secondary N) is 1. The van der Waals surface area contributed by atoms with Gasteiger partial charge < -0.3 is 9.64 Å². The molecule has 0 bridgehead atoms. The van der Waals surface area contributed by atoms with E-state index in [-0.39, 0.29) is 5.56 Å². The summed E-state index contributed by atoms with van der Waals surface area (Å²) in [5.41, 5.74) is 4.11. The van der Waals surface area contributed by atoms with E-state index in [0.29, 0.717) is 13.1 Å². The number of hydrogen-bond donors (Lipinski definition) is 1. The van der Waals surface area contributed by atoms with Gasteiger partial charge in [0.05, 0.1) is 19.3 Å². The Labute approximate surface area is 181 Å². The Kier molecular flexibility index (Phi) is 5.46. The maximum Gasteiger partial charge on any atom is 0.255 e. The summed E-state index contributed by atoms with van der Waals surface area (Å²) in [4.78, 5) is 25.0. The molecule has 1 fully saturated rings. The van der Waals surface area contributed by atoms with Gasteiger partial charge in [0.25, 0.3) is 5.56 Å². The second-order valence-electron chi connectivity index (χ2n) is 8.32. The van der Waals surface area contributed by atoms with Gasteiger partial charge in [-0.05, 0) is 43.0 Å². The fourth-order valence-electron chi connectivity index (χ4n) is 4.57. The Morgan fingerprint density at radius 1 is 1.16 bits per heavy atom. The topological polar surface area (TPSA) is 79.3 Å². The number of rotatable bonds is 6. The molecule has 4 heterocycles. The zero-order valence-corrected chi connectivity index (χ0v) is 17.9. The maximum absolute atomic E-state index is 12.6. The molecule has 5 rings (SSSR count). The Morgan fingerprint density at radius 3 is 2.81 bits per heavy atom. The van der Waals surface area contributed by atoms with Crippen LogP contribution in [-0.4, -0.2) is 51.4 Å². The van der Waals surface area contributed by atoms with Crippen molar-refractivity contribution in [1.29, 1.82) is 0 Å². The Balaban J connectivity index is 1.34. The van der Waals surface area contributed by atoms with E-state index in [1.807, 2.05) is 23.0 Å². The van der Waals surface area contributed by atoms with Crippen molar-refractivity contribution in [2.45, 2.75) is 38.9 Å². The van der Waals surface area contributed by atoms with Gasteiger partial charge >= 0.3 is 0 Å². The minimum atomic E-state index is 0.0255. The van der Waals surface area contributed by atoms with Crippen molar-refractivity contribution in [1.82, 2.24) is 24.6 Å². The molecule has 1 aromatic carbocycles. The van der Waals surface area contributed by atoms with E-state index in [0.717, 1.165) is 74.0 Å². The van der Waals surface area contributed by atoms with Gasteiger partial charge in [-0.25, -0.2) is 4.98 Å². The van der Waals surface area contributed by atoms with Crippen molar-refractivity contribution in [2.24, 2.45) is 0 Å². The molecule has 0 spiro atoms. The van der Waals surface area contributed by atoms with Crippen molar-refractivity contribution in [3.8, 4) is 5.75 Å². The number of hydrogen-bond acceptors (Lipinski definition) is 6. The SMILES string of the molecule is COc1ccc(CN2CCc3c(nc(N4CCCC4)[nH]c3=O)C2)cc1Cn1cccn1. The maximum atomic E-state index is 12.6. The second kappa shape index (κ2) is 8.55. The fraction of sp³-hybridized carbons (Fsp3) is 0.435. The molecular formula is C23H28N6O2. The second-order valence-corrected chi connectivity index (χ2v) is 8.32. The summed E-state index contributed by atoms with van der Waals surface area (Å²) < 4.78 is 7.45. The Hall–Kier alpha value is -3.13. The van der Waals surface area contributed by atoms with E-state index in [4.69, 9.17) is 9.72 Å². The van der Waals surface area contributed by atoms with Gasteiger partial charge in [-0.15, -0.1) is 0 Å². The van der Waals surface area contributed by atoms with Gasteiger partial charge in [-0.3, -0.25) is 19.4 Å². The summed E-state index contributed by atoms with van der Waals surface area (Å²) in [5.74, 6) is 1.60. The number of fused-ring (bicyclic) bond motifs is 1. The average Bonchev–Trinajstić information content (AvgIpc) is 3.48. The number of ether oxygens (including phenoxy) is 1. The highest BCUT2D eigenvalue weighted by molar-refractivity contribution is 5.38. The van der Waals surface area contributed by atoms with E-state index < -0.39 is 0 Å². The van der Waals surface area contributed by atoms with Gasteiger partial charge in [0.2, 0.25) is 5.95 Å². The molecule has 0 aliphatic carbocycles. The van der Waals surface area contributed by atoms with Crippen molar-refractivity contribution in [3.05, 3.63) is 69.4 Å². The molecule has 0 unspecified atom stereocenters. The summed E-state index contributed by atoms with van der Waals surface area (Å²) in [6, 6.07) is 8.26. The van der Waals surface area contributed by atoms with Crippen molar-refractivity contribution < 1.29 is 4.74 Å². The van der Waals surface area contributed by atoms with E-state index in [1.165, 1.54) is 5.56 Å². The monoisotopic (exact) mass is 420 g/mol. The molecule has 0 saturated carbocycles. The highest BCUT2D eigenvalue weighted by Crippen LogP contribution is 2.24. The van der Waals surface area contributed by atoms with E-state index in [2.05, 4.69) is 32.0 Å². The van der Waals surface area contributed by atoms with Crippen LogP contribution in [0.5, 0.6) is 5.75 Å². The van der Waals surface area contributed by atoms with Gasteiger partial charge in [0.1, 0.15) is 5.75 Å². The lowest BCUT2D eigenvalue weighted by Gasteiger charge is -2.28. The summed E-state index contributed by atoms with van der Waals surface area (Å²) in [6.45, 7) is 4.96. The fourth-order valence-corrected chi connectivity index (χ4v) is 4.57. The van der Waals surface area contributed by atoms with Crippen LogP contribution in [0.1, 0.15) is 35.2 Å². The van der Waals surface area contributed by atoms with Crippen LogP contribution in [0.3, 0.4) is 0 Å². The number of aromatic amines is 1. The third-order valence-corrected chi connectivity index (χ3v) is 6.19. The molecule has 2 aliphatic heterocycles. The van der Waals surface area contributed by atoms with Crippen LogP contribution in [0.4, 0.5) is 5.95 Å². The molecule has 0 atom stereocenters. The van der Waals surface area contributed by atoms with Gasteiger partial charge in [-0.1, -0.05) is 6.07 Å². The van der Waals surface area contributed by atoms with Crippen LogP contribution in [-0.2, 0) is 26.1 Å². The first kappa shape index (κ1) is 19.8. The quantitative estimate of drug-likeness (QED) is 0.659. The lowest BCUT2D eigenvalue weighted by molar-refractivity contribution is 0.240. The Bertz CT molecular complexity index is 1100.